The number of nitrogen functional groups attached to an aromatic ring is 1. The van der Waals surface area contributed by atoms with Crippen LogP contribution < -0.4 is 10.5 Å². The third-order valence-corrected chi connectivity index (χ3v) is 2.70. The molecule has 0 amide bonds. The van der Waals surface area contributed by atoms with Crippen molar-refractivity contribution in [1.82, 2.24) is 0 Å². The zero-order valence-corrected chi connectivity index (χ0v) is 8.89. The van der Waals surface area contributed by atoms with Crippen molar-refractivity contribution in [3.63, 3.8) is 0 Å². The van der Waals surface area contributed by atoms with Gasteiger partial charge in [0.15, 0.2) is 5.75 Å². The van der Waals surface area contributed by atoms with Crippen molar-refractivity contribution in [2.24, 2.45) is 0 Å². The number of nitrogens with two attached hydrogens (primary N) is 1. The molecule has 1 rings (SSSR count). The van der Waals surface area contributed by atoms with Gasteiger partial charge < -0.3 is 10.5 Å². The van der Waals surface area contributed by atoms with Crippen LogP contribution in [-0.2, 0) is 10.1 Å². The van der Waals surface area contributed by atoms with Crippen LogP contribution in [0.25, 0.3) is 0 Å². The minimum atomic E-state index is -4.54. The smallest absolute Gasteiger partial charge is 0.313 e. The lowest BCUT2D eigenvalue weighted by atomic mass is 10.2. The summed E-state index contributed by atoms with van der Waals surface area (Å²) in [5.74, 6) is -0.299. The highest BCUT2D eigenvalue weighted by molar-refractivity contribution is 7.86. The molecule has 3 N–H and O–H groups in total. The zero-order valence-electron chi connectivity index (χ0n) is 8.08. The van der Waals surface area contributed by atoms with Crippen molar-refractivity contribution in [1.29, 1.82) is 0 Å². The van der Waals surface area contributed by atoms with Gasteiger partial charge in [0, 0.05) is 12.1 Å². The van der Waals surface area contributed by atoms with Crippen LogP contribution in [0.15, 0.2) is 17.0 Å². The van der Waals surface area contributed by atoms with E-state index in [0.29, 0.717) is 0 Å². The van der Waals surface area contributed by atoms with Crippen LogP contribution in [0.4, 0.5) is 11.4 Å². The van der Waals surface area contributed by atoms with Gasteiger partial charge in [-0.1, -0.05) is 0 Å². The van der Waals surface area contributed by atoms with Gasteiger partial charge in [-0.25, -0.2) is 0 Å². The summed E-state index contributed by atoms with van der Waals surface area (Å²) in [4.78, 5) is 9.15. The van der Waals surface area contributed by atoms with Gasteiger partial charge in [0.05, 0.1) is 17.7 Å². The number of hydrogen-bond acceptors (Lipinski definition) is 6. The standard InChI is InChI=1S/C7H8N2O6S/c1-15-6-3-7(16(12,13)14)4(8)2-5(6)9(10)11/h2-3H,8H2,1H3,(H,12,13,14). The fraction of sp³-hybridized carbons (Fsp3) is 0.143. The molecule has 16 heavy (non-hydrogen) atoms. The Morgan fingerprint density at radius 1 is 1.50 bits per heavy atom. The Morgan fingerprint density at radius 2 is 2.06 bits per heavy atom. The third kappa shape index (κ3) is 2.20. The van der Waals surface area contributed by atoms with Gasteiger partial charge in [-0.2, -0.15) is 8.42 Å². The molecule has 0 aromatic heterocycles. The third-order valence-electron chi connectivity index (χ3n) is 1.79. The highest BCUT2D eigenvalue weighted by atomic mass is 32.2. The number of nitro groups is 1. The minimum absolute atomic E-state index is 0.299. The summed E-state index contributed by atoms with van der Waals surface area (Å²) < 4.78 is 35.1. The fourth-order valence-corrected chi connectivity index (χ4v) is 1.71. The van der Waals surface area contributed by atoms with E-state index in [9.17, 15) is 18.5 Å². The highest BCUT2D eigenvalue weighted by Crippen LogP contribution is 2.33. The van der Waals surface area contributed by atoms with Crippen LogP contribution >= 0.6 is 0 Å². The summed E-state index contributed by atoms with van der Waals surface area (Å²) in [6, 6.07) is 1.60. The van der Waals surface area contributed by atoms with Gasteiger partial charge in [-0.3, -0.25) is 14.7 Å². The van der Waals surface area contributed by atoms with Gasteiger partial charge in [-0.05, 0) is 0 Å². The molecular formula is C7H8N2O6S. The highest BCUT2D eigenvalue weighted by Gasteiger charge is 2.23. The minimum Gasteiger partial charge on any atom is -0.490 e. The second-order valence-corrected chi connectivity index (χ2v) is 4.18. The average molecular weight is 248 g/mol. The molecule has 0 fully saturated rings. The summed E-state index contributed by atoms with van der Waals surface area (Å²) in [7, 11) is -3.40. The first kappa shape index (κ1) is 12.2. The molecule has 0 unspecified atom stereocenters. The second kappa shape index (κ2) is 3.94. The number of nitrogens with zero attached hydrogens (tertiary/aromatic N) is 1. The summed E-state index contributed by atoms with van der Waals surface area (Å²) in [6.07, 6.45) is 0. The van der Waals surface area contributed by atoms with Crippen LogP contribution in [0, 0.1) is 10.1 Å². The first-order chi connectivity index (χ1) is 7.27. The number of benzene rings is 1. The lowest BCUT2D eigenvalue weighted by molar-refractivity contribution is -0.385. The van der Waals surface area contributed by atoms with E-state index in [4.69, 9.17) is 10.3 Å². The van der Waals surface area contributed by atoms with Gasteiger partial charge in [0.1, 0.15) is 4.90 Å². The van der Waals surface area contributed by atoms with Crippen LogP contribution in [0.1, 0.15) is 0 Å². The molecule has 0 aliphatic rings. The Kier molecular flexibility index (Phi) is 3.01. The number of ether oxygens (including phenoxy) is 1. The normalized spacial score (nSPS) is 11.1. The Hall–Kier alpha value is -1.87. The molecular weight excluding hydrogens is 240 g/mol. The van der Waals surface area contributed by atoms with E-state index in [-0.39, 0.29) is 5.75 Å². The number of hydrogen-bond donors (Lipinski definition) is 2. The van der Waals surface area contributed by atoms with Crippen molar-refractivity contribution < 1.29 is 22.6 Å². The Balaban J connectivity index is 3.56. The monoisotopic (exact) mass is 248 g/mol. The van der Waals surface area contributed by atoms with Crippen molar-refractivity contribution >= 4 is 21.5 Å². The molecule has 0 radical (unpaired) electrons. The Morgan fingerprint density at radius 3 is 2.44 bits per heavy atom. The molecule has 0 atom stereocenters. The van der Waals surface area contributed by atoms with Crippen LogP contribution in [0.5, 0.6) is 5.75 Å². The van der Waals surface area contributed by atoms with Crippen LogP contribution in [0.3, 0.4) is 0 Å². The SMILES string of the molecule is COc1cc(S(=O)(=O)O)c(N)cc1[N+](=O)[O-]. The largest absolute Gasteiger partial charge is 0.490 e. The van der Waals surface area contributed by atoms with Crippen molar-refractivity contribution in [2.75, 3.05) is 12.8 Å². The van der Waals surface area contributed by atoms with Crippen LogP contribution in [0.2, 0.25) is 0 Å². The molecule has 0 saturated carbocycles. The van der Waals surface area contributed by atoms with E-state index < -0.39 is 31.3 Å². The zero-order chi connectivity index (χ0) is 12.5. The summed E-state index contributed by atoms with van der Waals surface area (Å²) in [5.41, 5.74) is 4.37. The Bertz CT molecular complexity index is 538. The van der Waals surface area contributed by atoms with Crippen molar-refractivity contribution in [3.8, 4) is 5.75 Å². The van der Waals surface area contributed by atoms with Gasteiger partial charge in [0.2, 0.25) is 0 Å². The lowest BCUT2D eigenvalue weighted by Crippen LogP contribution is -2.05. The molecule has 1 aromatic carbocycles. The summed E-state index contributed by atoms with van der Waals surface area (Å²) >= 11 is 0. The average Bonchev–Trinajstić information content (AvgIpc) is 2.15. The van der Waals surface area contributed by atoms with Gasteiger partial charge >= 0.3 is 5.69 Å². The van der Waals surface area contributed by atoms with Crippen LogP contribution in [-0.4, -0.2) is 25.0 Å². The van der Waals surface area contributed by atoms with Gasteiger partial charge in [0.25, 0.3) is 10.1 Å². The quantitative estimate of drug-likeness (QED) is 0.343. The number of anilines is 1. The molecule has 0 heterocycles. The molecule has 8 nitrogen and oxygen atoms in total. The van der Waals surface area contributed by atoms with Crippen molar-refractivity contribution in [3.05, 3.63) is 22.2 Å². The predicted octanol–water partition coefficient (Wildman–Crippen LogP) is 0.432. The molecule has 0 aliphatic heterocycles. The maximum absolute atomic E-state index is 10.9. The number of rotatable bonds is 3. The topological polar surface area (TPSA) is 133 Å². The summed E-state index contributed by atoms with van der Waals surface area (Å²) in [5, 5.41) is 10.6. The second-order valence-electron chi connectivity index (χ2n) is 2.79. The molecule has 1 aromatic rings. The molecule has 0 saturated heterocycles. The van der Waals surface area contributed by atoms with E-state index in [1.165, 1.54) is 0 Å². The number of methoxy groups -OCH3 is 1. The molecule has 88 valence electrons. The molecule has 0 bridgehead atoms. The Labute approximate surface area is 90.5 Å². The van der Waals surface area contributed by atoms with E-state index in [2.05, 4.69) is 4.74 Å². The fourth-order valence-electron chi connectivity index (χ4n) is 1.10. The van der Waals surface area contributed by atoms with E-state index >= 15 is 0 Å². The van der Waals surface area contributed by atoms with E-state index in [0.717, 1.165) is 19.2 Å². The van der Waals surface area contributed by atoms with E-state index in [1.807, 2.05) is 0 Å². The molecule has 0 spiro atoms. The molecule has 9 heteroatoms. The molecule has 0 aliphatic carbocycles. The van der Waals surface area contributed by atoms with Crippen molar-refractivity contribution in [2.45, 2.75) is 4.90 Å². The predicted molar refractivity (Wildman–Crippen MR) is 53.9 cm³/mol. The number of nitro benzene ring substituents is 1. The van der Waals surface area contributed by atoms with Gasteiger partial charge in [-0.15, -0.1) is 0 Å². The lowest BCUT2D eigenvalue weighted by Gasteiger charge is -2.06. The van der Waals surface area contributed by atoms with E-state index in [1.54, 1.807) is 0 Å². The first-order valence-electron chi connectivity index (χ1n) is 3.86. The maximum atomic E-state index is 10.9. The summed E-state index contributed by atoms with van der Waals surface area (Å²) in [6.45, 7) is 0. The maximum Gasteiger partial charge on any atom is 0.313 e. The first-order valence-corrected chi connectivity index (χ1v) is 5.30.